The van der Waals surface area contributed by atoms with Crippen molar-refractivity contribution in [2.75, 3.05) is 5.73 Å². The van der Waals surface area contributed by atoms with Crippen molar-refractivity contribution in [3.63, 3.8) is 0 Å². The van der Waals surface area contributed by atoms with E-state index >= 15 is 0 Å². The van der Waals surface area contributed by atoms with Crippen LogP contribution in [0, 0.1) is 11.6 Å². The van der Waals surface area contributed by atoms with Gasteiger partial charge in [-0.15, -0.1) is 0 Å². The van der Waals surface area contributed by atoms with Crippen molar-refractivity contribution in [3.05, 3.63) is 77.2 Å². The zero-order chi connectivity index (χ0) is 25.1. The SMILES string of the molecule is CC(=O)O[C@H]1CC[C@@H](c2ccncc2CC(=O)c2nc(-c3c(F)cccc3F)ccc2N)C[C@H]1N. The van der Waals surface area contributed by atoms with Crippen LogP contribution in [-0.2, 0) is 16.0 Å². The number of benzene rings is 1. The number of hydrogen-bond acceptors (Lipinski definition) is 7. The zero-order valence-electron chi connectivity index (χ0n) is 19.2. The Labute approximate surface area is 201 Å². The molecule has 0 amide bonds. The molecule has 0 saturated heterocycles. The van der Waals surface area contributed by atoms with Crippen LogP contribution in [0.25, 0.3) is 11.3 Å². The van der Waals surface area contributed by atoms with Crippen molar-refractivity contribution < 1.29 is 23.1 Å². The van der Waals surface area contributed by atoms with Crippen LogP contribution in [0.1, 0.15) is 53.7 Å². The van der Waals surface area contributed by atoms with E-state index in [9.17, 15) is 18.4 Å². The Morgan fingerprint density at radius 2 is 1.86 bits per heavy atom. The number of nitrogen functional groups attached to an aromatic ring is 1. The highest BCUT2D eigenvalue weighted by atomic mass is 19.1. The lowest BCUT2D eigenvalue weighted by atomic mass is 9.78. The summed E-state index contributed by atoms with van der Waals surface area (Å²) < 4.78 is 33.8. The van der Waals surface area contributed by atoms with E-state index in [1.54, 1.807) is 12.4 Å². The number of ether oxygens (including phenoxy) is 1. The molecule has 182 valence electrons. The maximum absolute atomic E-state index is 14.3. The van der Waals surface area contributed by atoms with Crippen molar-refractivity contribution in [2.45, 2.75) is 50.7 Å². The molecule has 1 aliphatic rings. The Kier molecular flexibility index (Phi) is 7.16. The van der Waals surface area contributed by atoms with Crippen LogP contribution in [0.15, 0.2) is 48.8 Å². The van der Waals surface area contributed by atoms with E-state index in [-0.39, 0.29) is 53.1 Å². The maximum Gasteiger partial charge on any atom is 0.302 e. The zero-order valence-corrected chi connectivity index (χ0v) is 19.2. The quantitative estimate of drug-likeness (QED) is 0.405. The standard InChI is InChI=1S/C26H26F2N4O3/c1-14(33)35-24-8-5-15(11-21(24)30)17-9-10-31-13-16(17)12-23(34)26-20(29)6-7-22(32-26)25-18(27)3-2-4-19(25)28/h2-4,6-7,9-10,13,15,21,24H,5,8,11-12,29-30H2,1H3/t15-,21-,24+/m1/s1. The van der Waals surface area contributed by atoms with Gasteiger partial charge >= 0.3 is 5.97 Å². The topological polar surface area (TPSA) is 121 Å². The monoisotopic (exact) mass is 480 g/mol. The fourth-order valence-corrected chi connectivity index (χ4v) is 4.64. The van der Waals surface area contributed by atoms with Gasteiger partial charge in [-0.25, -0.2) is 13.8 Å². The number of ketones is 1. The number of anilines is 1. The summed E-state index contributed by atoms with van der Waals surface area (Å²) in [6, 6.07) is 7.84. The Balaban J connectivity index is 1.58. The highest BCUT2D eigenvalue weighted by Gasteiger charge is 2.32. The first-order chi connectivity index (χ1) is 16.7. The summed E-state index contributed by atoms with van der Waals surface area (Å²) in [5.74, 6) is -2.26. The van der Waals surface area contributed by atoms with Crippen molar-refractivity contribution >= 4 is 17.4 Å². The van der Waals surface area contributed by atoms with E-state index in [4.69, 9.17) is 16.2 Å². The third-order valence-corrected chi connectivity index (χ3v) is 6.29. The van der Waals surface area contributed by atoms with Crippen LogP contribution in [0.5, 0.6) is 0 Å². The van der Waals surface area contributed by atoms with Crippen molar-refractivity contribution in [1.82, 2.24) is 9.97 Å². The summed E-state index contributed by atoms with van der Waals surface area (Å²) >= 11 is 0. The Morgan fingerprint density at radius 1 is 1.11 bits per heavy atom. The lowest BCUT2D eigenvalue weighted by molar-refractivity contribution is -0.148. The van der Waals surface area contributed by atoms with Gasteiger partial charge in [0.25, 0.3) is 0 Å². The smallest absolute Gasteiger partial charge is 0.302 e. The van der Waals surface area contributed by atoms with Crippen LogP contribution in [0.4, 0.5) is 14.5 Å². The summed E-state index contributed by atoms with van der Waals surface area (Å²) in [6.45, 7) is 1.36. The molecule has 0 spiro atoms. The van der Waals surface area contributed by atoms with Gasteiger partial charge in [-0.1, -0.05) is 6.07 Å². The second kappa shape index (κ2) is 10.3. The van der Waals surface area contributed by atoms with E-state index in [2.05, 4.69) is 9.97 Å². The number of aromatic nitrogens is 2. The molecule has 3 aromatic rings. The van der Waals surface area contributed by atoms with Crippen LogP contribution in [0.3, 0.4) is 0 Å². The second-order valence-electron chi connectivity index (χ2n) is 8.73. The van der Waals surface area contributed by atoms with Crippen LogP contribution >= 0.6 is 0 Å². The van der Waals surface area contributed by atoms with Gasteiger partial charge in [0, 0.05) is 31.8 Å². The average Bonchev–Trinajstić information content (AvgIpc) is 2.81. The molecule has 1 aliphatic carbocycles. The summed E-state index contributed by atoms with van der Waals surface area (Å²) in [4.78, 5) is 32.9. The molecule has 0 unspecified atom stereocenters. The van der Waals surface area contributed by atoms with Gasteiger partial charge < -0.3 is 16.2 Å². The number of rotatable bonds is 6. The fourth-order valence-electron chi connectivity index (χ4n) is 4.64. The molecular weight excluding hydrogens is 454 g/mol. The highest BCUT2D eigenvalue weighted by Crippen LogP contribution is 2.35. The van der Waals surface area contributed by atoms with Gasteiger partial charge in [0.15, 0.2) is 5.78 Å². The molecule has 2 aromatic heterocycles. The third kappa shape index (κ3) is 5.35. The minimum absolute atomic E-state index is 0.0145. The number of hydrogen-bond donors (Lipinski definition) is 2. The van der Waals surface area contributed by atoms with Gasteiger partial charge in [-0.3, -0.25) is 14.6 Å². The maximum atomic E-state index is 14.3. The van der Waals surface area contributed by atoms with Crippen LogP contribution in [0.2, 0.25) is 0 Å². The fraction of sp³-hybridized carbons (Fsp3) is 0.308. The van der Waals surface area contributed by atoms with E-state index in [1.807, 2.05) is 6.07 Å². The number of esters is 1. The molecule has 4 N–H and O–H groups in total. The van der Waals surface area contributed by atoms with E-state index < -0.39 is 17.4 Å². The minimum atomic E-state index is -0.782. The lowest BCUT2D eigenvalue weighted by Crippen LogP contribution is -2.42. The number of Topliss-reactive ketones (excluding diaryl/α,β-unsaturated/α-hetero) is 1. The number of carbonyl (C=O) groups is 2. The van der Waals surface area contributed by atoms with E-state index in [1.165, 1.54) is 25.1 Å². The molecule has 1 fully saturated rings. The number of carbonyl (C=O) groups excluding carboxylic acids is 2. The number of nitrogens with two attached hydrogens (primary N) is 2. The first kappa shape index (κ1) is 24.4. The molecule has 1 saturated carbocycles. The van der Waals surface area contributed by atoms with E-state index in [0.717, 1.165) is 24.1 Å². The van der Waals surface area contributed by atoms with Crippen LogP contribution in [-0.4, -0.2) is 33.9 Å². The molecule has 2 heterocycles. The summed E-state index contributed by atoms with van der Waals surface area (Å²) in [6.07, 6.45) is 4.84. The first-order valence-corrected chi connectivity index (χ1v) is 11.3. The lowest BCUT2D eigenvalue weighted by Gasteiger charge is -2.34. The van der Waals surface area contributed by atoms with E-state index in [0.29, 0.717) is 18.4 Å². The summed E-state index contributed by atoms with van der Waals surface area (Å²) in [7, 11) is 0. The normalized spacial score (nSPS) is 19.8. The Morgan fingerprint density at radius 3 is 2.54 bits per heavy atom. The van der Waals surface area contributed by atoms with Gasteiger partial charge in [-0.05, 0) is 66.6 Å². The van der Waals surface area contributed by atoms with Gasteiger partial charge in [0.05, 0.1) is 16.9 Å². The molecule has 0 bridgehead atoms. The van der Waals surface area contributed by atoms with Crippen LogP contribution < -0.4 is 11.5 Å². The molecular formula is C26H26F2N4O3. The molecule has 9 heteroatoms. The molecule has 1 aromatic carbocycles. The molecule has 7 nitrogen and oxygen atoms in total. The van der Waals surface area contributed by atoms with Gasteiger partial charge in [0.2, 0.25) is 0 Å². The molecule has 35 heavy (non-hydrogen) atoms. The predicted molar refractivity (Wildman–Crippen MR) is 126 cm³/mol. The van der Waals surface area contributed by atoms with Crippen molar-refractivity contribution in [1.29, 1.82) is 0 Å². The molecule has 3 atom stereocenters. The first-order valence-electron chi connectivity index (χ1n) is 11.3. The van der Waals surface area contributed by atoms with Gasteiger partial charge in [-0.2, -0.15) is 0 Å². The minimum Gasteiger partial charge on any atom is -0.461 e. The average molecular weight is 481 g/mol. The van der Waals surface area contributed by atoms with Crippen molar-refractivity contribution in [3.8, 4) is 11.3 Å². The molecule has 0 aliphatic heterocycles. The number of halogens is 2. The summed E-state index contributed by atoms with van der Waals surface area (Å²) in [5.41, 5.74) is 13.6. The Bertz CT molecular complexity index is 1250. The Hall–Kier alpha value is -3.72. The highest BCUT2D eigenvalue weighted by molar-refractivity contribution is 6.00. The summed E-state index contributed by atoms with van der Waals surface area (Å²) in [5, 5.41) is 0. The second-order valence-corrected chi connectivity index (χ2v) is 8.73. The largest absolute Gasteiger partial charge is 0.461 e. The third-order valence-electron chi connectivity index (χ3n) is 6.29. The molecule has 4 rings (SSSR count). The van der Waals surface area contributed by atoms with Crippen molar-refractivity contribution in [2.24, 2.45) is 5.73 Å². The predicted octanol–water partition coefficient (Wildman–Crippen LogP) is 3.96. The van der Waals surface area contributed by atoms with Gasteiger partial charge in [0.1, 0.15) is 23.4 Å². The molecule has 0 radical (unpaired) electrons. The number of nitrogens with zero attached hydrogens (tertiary/aromatic N) is 2. The number of pyridine rings is 2.